The van der Waals surface area contributed by atoms with Gasteiger partial charge in [-0.15, -0.1) is 0 Å². The van der Waals surface area contributed by atoms with Gasteiger partial charge in [0.2, 0.25) is 5.91 Å². The number of nitrogens with one attached hydrogen (secondary N) is 1. The second-order valence-corrected chi connectivity index (χ2v) is 7.79. The maximum atomic E-state index is 12.6. The smallest absolute Gasteiger partial charge is 0.234 e. The summed E-state index contributed by atoms with van der Waals surface area (Å²) in [6.07, 6.45) is 0. The van der Waals surface area contributed by atoms with Gasteiger partial charge in [-0.05, 0) is 37.3 Å². The molecule has 0 spiro atoms. The van der Waals surface area contributed by atoms with Crippen LogP contribution in [0.1, 0.15) is 12.7 Å². The first-order chi connectivity index (χ1) is 15.7. The molecule has 7 heteroatoms. The number of thioether (sulfide) groups is 1. The van der Waals surface area contributed by atoms with E-state index in [0.717, 1.165) is 21.7 Å². The molecule has 0 atom stereocenters. The van der Waals surface area contributed by atoms with E-state index in [9.17, 15) is 4.79 Å². The van der Waals surface area contributed by atoms with E-state index in [-0.39, 0.29) is 18.3 Å². The number of carbonyl (C=O) groups excluding carboxylic acids is 1. The second-order valence-electron chi connectivity index (χ2n) is 6.83. The molecule has 0 unspecified atom stereocenters. The molecule has 1 N–H and O–H groups in total. The highest BCUT2D eigenvalue weighted by molar-refractivity contribution is 8.00. The topological polar surface area (TPSA) is 73.3 Å². The molecule has 0 aliphatic rings. The summed E-state index contributed by atoms with van der Waals surface area (Å²) in [7, 11) is 0. The standard InChI is InChI=1S/C25H23N3O3S/c1-2-30-22-15-9-8-14-21(22)27-24(29)17-32-25-19-12-6-7-13-20(19)26-23(28-25)16-31-18-10-4-3-5-11-18/h3-15H,2,16-17H2,1H3,(H,27,29). The summed E-state index contributed by atoms with van der Waals surface area (Å²) in [5.41, 5.74) is 1.48. The lowest BCUT2D eigenvalue weighted by Gasteiger charge is -2.12. The Morgan fingerprint density at radius 3 is 2.50 bits per heavy atom. The monoisotopic (exact) mass is 445 g/mol. The van der Waals surface area contributed by atoms with Gasteiger partial charge in [0.15, 0.2) is 5.82 Å². The highest BCUT2D eigenvalue weighted by atomic mass is 32.2. The normalized spacial score (nSPS) is 10.7. The van der Waals surface area contributed by atoms with E-state index in [0.29, 0.717) is 23.9 Å². The SMILES string of the molecule is CCOc1ccccc1NC(=O)CSc1nc(COc2ccccc2)nc2ccccc12. The van der Waals surface area contributed by atoms with Crippen LogP contribution >= 0.6 is 11.8 Å². The number of ether oxygens (including phenoxy) is 2. The van der Waals surface area contributed by atoms with E-state index < -0.39 is 0 Å². The van der Waals surface area contributed by atoms with Crippen molar-refractivity contribution in [1.82, 2.24) is 9.97 Å². The fraction of sp³-hybridized carbons (Fsp3) is 0.160. The van der Waals surface area contributed by atoms with Gasteiger partial charge in [-0.3, -0.25) is 4.79 Å². The van der Waals surface area contributed by atoms with E-state index in [1.54, 1.807) is 0 Å². The predicted molar refractivity (Wildman–Crippen MR) is 127 cm³/mol. The number of fused-ring (bicyclic) bond motifs is 1. The van der Waals surface area contributed by atoms with Crippen LogP contribution in [0.15, 0.2) is 83.9 Å². The van der Waals surface area contributed by atoms with Crippen molar-refractivity contribution in [2.24, 2.45) is 0 Å². The lowest BCUT2D eigenvalue weighted by Crippen LogP contribution is -2.15. The molecule has 0 saturated carbocycles. The molecule has 0 aliphatic carbocycles. The maximum absolute atomic E-state index is 12.6. The van der Waals surface area contributed by atoms with Gasteiger partial charge in [0.1, 0.15) is 23.1 Å². The fourth-order valence-electron chi connectivity index (χ4n) is 3.10. The first-order valence-corrected chi connectivity index (χ1v) is 11.3. The molecule has 3 aromatic carbocycles. The molecule has 0 fully saturated rings. The Kier molecular flexibility index (Phi) is 7.19. The van der Waals surface area contributed by atoms with Crippen LogP contribution in [-0.2, 0) is 11.4 Å². The number of amides is 1. The van der Waals surface area contributed by atoms with Gasteiger partial charge in [-0.25, -0.2) is 9.97 Å². The van der Waals surface area contributed by atoms with Gasteiger partial charge >= 0.3 is 0 Å². The molecule has 0 aliphatic heterocycles. The number of rotatable bonds is 9. The van der Waals surface area contributed by atoms with Gasteiger partial charge in [0, 0.05) is 5.39 Å². The van der Waals surface area contributed by atoms with Gasteiger partial charge < -0.3 is 14.8 Å². The Hall–Kier alpha value is -3.58. The van der Waals surface area contributed by atoms with E-state index in [4.69, 9.17) is 9.47 Å². The van der Waals surface area contributed by atoms with Crippen molar-refractivity contribution in [3.05, 3.63) is 84.7 Å². The summed E-state index contributed by atoms with van der Waals surface area (Å²) in [6, 6.07) is 24.7. The molecule has 32 heavy (non-hydrogen) atoms. The van der Waals surface area contributed by atoms with Gasteiger partial charge in [-0.2, -0.15) is 0 Å². The Morgan fingerprint density at radius 2 is 1.66 bits per heavy atom. The third kappa shape index (κ3) is 5.56. The van der Waals surface area contributed by atoms with Crippen LogP contribution < -0.4 is 14.8 Å². The van der Waals surface area contributed by atoms with Gasteiger partial charge in [-0.1, -0.05) is 60.3 Å². The molecule has 6 nitrogen and oxygen atoms in total. The molecular weight excluding hydrogens is 422 g/mol. The van der Waals surface area contributed by atoms with Crippen LogP contribution in [0.25, 0.3) is 10.9 Å². The van der Waals surface area contributed by atoms with Crippen molar-refractivity contribution in [3.63, 3.8) is 0 Å². The van der Waals surface area contributed by atoms with Crippen molar-refractivity contribution in [3.8, 4) is 11.5 Å². The quantitative estimate of drug-likeness (QED) is 0.277. The van der Waals surface area contributed by atoms with Gasteiger partial charge in [0.25, 0.3) is 0 Å². The second kappa shape index (κ2) is 10.6. The number of benzene rings is 3. The van der Waals surface area contributed by atoms with Crippen LogP contribution in [0.5, 0.6) is 11.5 Å². The Labute approximate surface area is 191 Å². The molecule has 0 saturated heterocycles. The Morgan fingerprint density at radius 1 is 0.906 bits per heavy atom. The fourth-order valence-corrected chi connectivity index (χ4v) is 3.94. The molecule has 0 radical (unpaired) electrons. The zero-order valence-corrected chi connectivity index (χ0v) is 18.5. The number of hydrogen-bond acceptors (Lipinski definition) is 6. The number of hydrogen-bond donors (Lipinski definition) is 1. The summed E-state index contributed by atoms with van der Waals surface area (Å²) in [5, 5.41) is 4.57. The molecule has 4 rings (SSSR count). The van der Waals surface area contributed by atoms with Gasteiger partial charge in [0.05, 0.1) is 23.6 Å². The number of anilines is 1. The zero-order chi connectivity index (χ0) is 22.2. The number of carbonyl (C=O) groups is 1. The summed E-state index contributed by atoms with van der Waals surface area (Å²) < 4.78 is 11.4. The lowest BCUT2D eigenvalue weighted by atomic mass is 10.2. The van der Waals surface area contributed by atoms with Crippen molar-refractivity contribution in [1.29, 1.82) is 0 Å². The van der Waals surface area contributed by atoms with Crippen LogP contribution in [0.4, 0.5) is 5.69 Å². The number of aromatic nitrogens is 2. The summed E-state index contributed by atoms with van der Waals surface area (Å²) in [4.78, 5) is 21.9. The Balaban J connectivity index is 1.47. The van der Waals surface area contributed by atoms with Crippen molar-refractivity contribution in [2.75, 3.05) is 17.7 Å². The molecule has 1 heterocycles. The molecule has 1 amide bonds. The first kappa shape index (κ1) is 21.6. The predicted octanol–water partition coefficient (Wildman–Crippen LogP) is 5.34. The van der Waals surface area contributed by atoms with E-state index in [2.05, 4.69) is 15.3 Å². The highest BCUT2D eigenvalue weighted by Crippen LogP contribution is 2.27. The van der Waals surface area contributed by atoms with Crippen LogP contribution in [0.3, 0.4) is 0 Å². The summed E-state index contributed by atoms with van der Waals surface area (Å²) in [5.74, 6) is 2.05. The molecule has 162 valence electrons. The average Bonchev–Trinajstić information content (AvgIpc) is 2.83. The van der Waals surface area contributed by atoms with Crippen LogP contribution in [0, 0.1) is 0 Å². The number of nitrogens with zero attached hydrogens (tertiary/aromatic N) is 2. The minimum atomic E-state index is -0.132. The van der Waals surface area contributed by atoms with E-state index in [1.807, 2.05) is 85.8 Å². The summed E-state index contributed by atoms with van der Waals surface area (Å²) in [6.45, 7) is 2.69. The van der Waals surface area contributed by atoms with Crippen LogP contribution in [0.2, 0.25) is 0 Å². The molecule has 4 aromatic rings. The Bertz CT molecular complexity index is 1200. The third-order valence-electron chi connectivity index (χ3n) is 4.53. The van der Waals surface area contributed by atoms with Crippen LogP contribution in [-0.4, -0.2) is 28.2 Å². The highest BCUT2D eigenvalue weighted by Gasteiger charge is 2.13. The van der Waals surface area contributed by atoms with E-state index in [1.165, 1.54) is 11.8 Å². The number of para-hydroxylation sites is 4. The average molecular weight is 446 g/mol. The largest absolute Gasteiger partial charge is 0.492 e. The first-order valence-electron chi connectivity index (χ1n) is 10.3. The zero-order valence-electron chi connectivity index (χ0n) is 17.7. The summed E-state index contributed by atoms with van der Waals surface area (Å²) >= 11 is 1.37. The molecular formula is C25H23N3O3S. The van der Waals surface area contributed by atoms with Crippen molar-refractivity contribution < 1.29 is 14.3 Å². The lowest BCUT2D eigenvalue weighted by molar-refractivity contribution is -0.113. The third-order valence-corrected chi connectivity index (χ3v) is 5.52. The van der Waals surface area contributed by atoms with Crippen molar-refractivity contribution in [2.45, 2.75) is 18.6 Å². The minimum absolute atomic E-state index is 0.132. The minimum Gasteiger partial charge on any atom is -0.492 e. The molecule has 1 aromatic heterocycles. The molecule has 0 bridgehead atoms. The van der Waals surface area contributed by atoms with E-state index >= 15 is 0 Å². The maximum Gasteiger partial charge on any atom is 0.234 e. The van der Waals surface area contributed by atoms with Crippen molar-refractivity contribution >= 4 is 34.3 Å².